The van der Waals surface area contributed by atoms with E-state index in [1.165, 1.54) is 67.0 Å². The summed E-state index contributed by atoms with van der Waals surface area (Å²) in [5, 5.41) is 0. The molecule has 0 aliphatic rings. The lowest BCUT2D eigenvalue weighted by atomic mass is 10.0. The molecular weight excluding hydrogens is 777 g/mol. The van der Waals surface area contributed by atoms with Crippen molar-refractivity contribution in [2.24, 2.45) is 28.2 Å². The van der Waals surface area contributed by atoms with E-state index in [-0.39, 0.29) is 0 Å². The predicted molar refractivity (Wildman–Crippen MR) is 269 cm³/mol. The average Bonchev–Trinajstić information content (AvgIpc) is 3.27. The van der Waals surface area contributed by atoms with E-state index in [0.29, 0.717) is 11.1 Å². The second kappa shape index (κ2) is 21.7. The molecule has 0 amide bonds. The van der Waals surface area contributed by atoms with Gasteiger partial charge >= 0.3 is 0 Å². The lowest BCUT2D eigenvalue weighted by Crippen LogP contribution is -2.32. The van der Waals surface area contributed by atoms with E-state index >= 15 is 0 Å². The van der Waals surface area contributed by atoms with Gasteiger partial charge in [-0.1, -0.05) is 72.8 Å². The third kappa shape index (κ3) is 11.9. The Morgan fingerprint density at radius 3 is 1.02 bits per heavy atom. The Morgan fingerprint density at radius 1 is 0.297 bits per heavy atom. The van der Waals surface area contributed by atoms with E-state index < -0.39 is 13.7 Å². The van der Waals surface area contributed by atoms with E-state index in [2.05, 4.69) is 176 Å². The van der Waals surface area contributed by atoms with Gasteiger partial charge in [0.15, 0.2) is 24.8 Å². The Kier molecular flexibility index (Phi) is 13.7. The molecule has 0 unspecified atom stereocenters. The standard InChI is InChI=1S/4C15H18N/c2*1-11-9-13(3)15(16(4)10-11)14-8-6-5-7-12(14)2;2*1-11-7-5-6-8-14(11)15-9-12(2)13(3)10-16(15)4/h4*5-10H,1-4H3/q4*+1/i1D3;;3D3;. The number of pyridine rings is 4. The molecule has 0 aliphatic heterocycles. The van der Waals surface area contributed by atoms with Crippen molar-refractivity contribution < 1.29 is 26.5 Å². The first kappa shape index (κ1) is 40.3. The molecule has 0 radical (unpaired) electrons. The van der Waals surface area contributed by atoms with E-state index in [4.69, 9.17) is 8.22 Å². The predicted octanol–water partition coefficient (Wildman–Crippen LogP) is 12.4. The number of benzene rings is 4. The largest absolute Gasteiger partial charge is 0.215 e. The quantitative estimate of drug-likeness (QED) is 0.157. The van der Waals surface area contributed by atoms with Gasteiger partial charge in [-0.3, -0.25) is 0 Å². The van der Waals surface area contributed by atoms with Gasteiger partial charge in [0.25, 0.3) is 0 Å². The summed E-state index contributed by atoms with van der Waals surface area (Å²) in [6.07, 6.45) is 7.78. The molecule has 64 heavy (non-hydrogen) atoms. The maximum atomic E-state index is 7.55. The van der Waals surface area contributed by atoms with Crippen molar-refractivity contribution >= 4 is 0 Å². The molecule has 4 aromatic carbocycles. The summed E-state index contributed by atoms with van der Waals surface area (Å²) in [7, 11) is 8.00. The molecule has 4 heterocycles. The highest BCUT2D eigenvalue weighted by Crippen LogP contribution is 2.26. The molecule has 0 saturated carbocycles. The van der Waals surface area contributed by atoms with Gasteiger partial charge in [0.1, 0.15) is 28.2 Å². The molecule has 0 fully saturated rings. The van der Waals surface area contributed by atoms with Crippen LogP contribution >= 0.6 is 0 Å². The van der Waals surface area contributed by atoms with Gasteiger partial charge < -0.3 is 0 Å². The van der Waals surface area contributed by atoms with Crippen LogP contribution in [0.5, 0.6) is 0 Å². The third-order valence-electron chi connectivity index (χ3n) is 11.9. The van der Waals surface area contributed by atoms with Crippen molar-refractivity contribution in [3.63, 3.8) is 0 Å². The normalized spacial score (nSPS) is 12.3. The number of aromatic nitrogens is 4. The molecule has 0 atom stereocenters. The number of nitrogens with zero attached hydrogens (tertiary/aromatic N) is 4. The summed E-state index contributed by atoms with van der Waals surface area (Å²) in [4.78, 5) is 0. The summed E-state index contributed by atoms with van der Waals surface area (Å²) < 4.78 is 53.4. The first-order chi connectivity index (χ1) is 32.8. The third-order valence-corrected chi connectivity index (χ3v) is 11.9. The second-order valence-corrected chi connectivity index (χ2v) is 17.3. The van der Waals surface area contributed by atoms with E-state index in [1.54, 1.807) is 18.5 Å². The topological polar surface area (TPSA) is 15.5 Å². The van der Waals surface area contributed by atoms with Crippen LogP contribution < -0.4 is 18.3 Å². The Balaban J connectivity index is 0.000000174. The molecule has 0 N–H and O–H groups in total. The van der Waals surface area contributed by atoms with Crippen LogP contribution in [-0.4, -0.2) is 0 Å². The average molecular weight is 855 g/mol. The van der Waals surface area contributed by atoms with Crippen molar-refractivity contribution in [3.05, 3.63) is 213 Å². The molecule has 328 valence electrons. The molecule has 4 aromatic heterocycles. The van der Waals surface area contributed by atoms with Crippen molar-refractivity contribution in [2.75, 3.05) is 0 Å². The Morgan fingerprint density at radius 2 is 0.641 bits per heavy atom. The van der Waals surface area contributed by atoms with E-state index in [1.807, 2.05) is 67.4 Å². The zero-order valence-corrected chi connectivity index (χ0v) is 40.6. The highest BCUT2D eigenvalue weighted by molar-refractivity contribution is 5.65. The fourth-order valence-corrected chi connectivity index (χ4v) is 8.36. The van der Waals surface area contributed by atoms with E-state index in [9.17, 15) is 0 Å². The summed E-state index contributed by atoms with van der Waals surface area (Å²) in [5.74, 6) is 0. The summed E-state index contributed by atoms with van der Waals surface area (Å²) in [5.41, 5.74) is 22.5. The van der Waals surface area contributed by atoms with Gasteiger partial charge in [-0.25, -0.2) is 18.3 Å². The molecule has 0 aliphatic carbocycles. The van der Waals surface area contributed by atoms with Crippen LogP contribution in [0.1, 0.15) is 75.0 Å². The van der Waals surface area contributed by atoms with Crippen LogP contribution in [0.4, 0.5) is 0 Å². The van der Waals surface area contributed by atoms with Crippen LogP contribution in [0, 0.1) is 82.9 Å². The van der Waals surface area contributed by atoms with Crippen molar-refractivity contribution in [1.29, 1.82) is 0 Å². The Hall–Kier alpha value is -6.52. The van der Waals surface area contributed by atoms with Gasteiger partial charge in [0, 0.05) is 76.0 Å². The zero-order chi connectivity index (χ0) is 51.8. The molecular formula is C60H72N4+4. The molecule has 0 saturated heterocycles. The molecule has 0 bridgehead atoms. The van der Waals surface area contributed by atoms with E-state index in [0.717, 1.165) is 33.6 Å². The monoisotopic (exact) mass is 855 g/mol. The number of hydrogen-bond donors (Lipinski definition) is 0. The minimum absolute atomic E-state index is 0.379. The number of rotatable bonds is 4. The Bertz CT molecular complexity index is 3080. The summed E-state index contributed by atoms with van der Waals surface area (Å²) in [6.45, 7) is 16.7. The smallest absolute Gasteiger partial charge is 0.201 e. The maximum Gasteiger partial charge on any atom is 0.215 e. The minimum Gasteiger partial charge on any atom is -0.201 e. The van der Waals surface area contributed by atoms with Gasteiger partial charge in [0.2, 0.25) is 22.8 Å². The number of aryl methyl sites for hydroxylation is 16. The summed E-state index contributed by atoms with van der Waals surface area (Å²) >= 11 is 0. The van der Waals surface area contributed by atoms with Crippen molar-refractivity contribution in [1.82, 2.24) is 0 Å². The van der Waals surface area contributed by atoms with Crippen molar-refractivity contribution in [2.45, 2.75) is 82.9 Å². The fraction of sp³-hybridized carbons (Fsp3) is 0.267. The lowest BCUT2D eigenvalue weighted by molar-refractivity contribution is -0.661. The van der Waals surface area contributed by atoms with Crippen LogP contribution in [0.2, 0.25) is 0 Å². The zero-order valence-electron chi connectivity index (χ0n) is 46.6. The molecule has 4 nitrogen and oxygen atoms in total. The maximum absolute atomic E-state index is 7.55. The molecule has 8 rings (SSSR count). The summed E-state index contributed by atoms with van der Waals surface area (Å²) in [6, 6.07) is 41.5. The number of hydrogen-bond acceptors (Lipinski definition) is 0. The van der Waals surface area contributed by atoms with Crippen molar-refractivity contribution in [3.8, 4) is 45.0 Å². The molecule has 4 heteroatoms. The van der Waals surface area contributed by atoms with Crippen LogP contribution in [-0.2, 0) is 28.2 Å². The first-order valence-electron chi connectivity index (χ1n) is 25.0. The van der Waals surface area contributed by atoms with Gasteiger partial charge in [0.05, 0.1) is 0 Å². The molecule has 8 aromatic rings. The van der Waals surface area contributed by atoms with Crippen LogP contribution in [0.25, 0.3) is 45.0 Å². The van der Waals surface area contributed by atoms with Crippen LogP contribution in [0.3, 0.4) is 0 Å². The van der Waals surface area contributed by atoms with Crippen LogP contribution in [0.15, 0.2) is 146 Å². The first-order valence-corrected chi connectivity index (χ1v) is 22.0. The minimum atomic E-state index is -2.06. The fourth-order valence-electron chi connectivity index (χ4n) is 8.36. The van der Waals surface area contributed by atoms with Gasteiger partial charge in [-0.05, 0) is 153 Å². The second-order valence-electron chi connectivity index (χ2n) is 17.3. The Labute approximate surface area is 394 Å². The highest BCUT2D eigenvalue weighted by Gasteiger charge is 2.18. The molecule has 0 spiro atoms. The lowest BCUT2D eigenvalue weighted by Gasteiger charge is -2.07. The van der Waals surface area contributed by atoms with Gasteiger partial charge in [-0.2, -0.15) is 0 Å². The van der Waals surface area contributed by atoms with Gasteiger partial charge in [-0.15, -0.1) is 0 Å². The highest BCUT2D eigenvalue weighted by atomic mass is 14.9. The SMILES string of the molecule is Cc1cc(-c2ccccc2C)[n+](C)cc1C.Cc1cc(C)c(-c2ccccc2C)[n+](C)c1.[2H]C([2H])([2H])c1c[n+](C)c(-c2ccccc2C)cc1C.[2H]C([2H])([2H])c1cc(C)c(-c2ccccc2C)[n+](C)c1.